The van der Waals surface area contributed by atoms with Crippen LogP contribution in [0, 0.1) is 13.8 Å². The van der Waals surface area contributed by atoms with E-state index >= 15 is 0 Å². The summed E-state index contributed by atoms with van der Waals surface area (Å²) in [6.07, 6.45) is 1.18. The zero-order valence-electron chi connectivity index (χ0n) is 10.3. The Balaban J connectivity index is 2.83. The smallest absolute Gasteiger partial charge is 0.244 e. The van der Waals surface area contributed by atoms with Crippen LogP contribution in [-0.4, -0.2) is 36.4 Å². The van der Waals surface area contributed by atoms with Crippen molar-refractivity contribution in [3.05, 3.63) is 11.4 Å². The van der Waals surface area contributed by atoms with Gasteiger partial charge in [0, 0.05) is 12.6 Å². The molecular weight excluding hydrogens is 242 g/mol. The molecule has 0 bridgehead atoms. The van der Waals surface area contributed by atoms with Crippen molar-refractivity contribution in [2.24, 2.45) is 0 Å². The number of hydrogen-bond donors (Lipinski definition) is 3. The molecule has 17 heavy (non-hydrogen) atoms. The third-order valence-corrected chi connectivity index (χ3v) is 4.33. The zero-order valence-corrected chi connectivity index (χ0v) is 11.1. The largest absolute Gasteiger partial charge is 0.396 e. The first-order chi connectivity index (χ1) is 7.88. The lowest BCUT2D eigenvalue weighted by Gasteiger charge is -2.13. The number of aromatic amines is 1. The quantitative estimate of drug-likeness (QED) is 0.693. The van der Waals surface area contributed by atoms with Gasteiger partial charge in [-0.2, -0.15) is 5.10 Å². The summed E-state index contributed by atoms with van der Waals surface area (Å²) >= 11 is 0. The average molecular weight is 261 g/mol. The van der Waals surface area contributed by atoms with Crippen molar-refractivity contribution in [3.63, 3.8) is 0 Å². The van der Waals surface area contributed by atoms with Crippen LogP contribution in [0.2, 0.25) is 0 Å². The highest BCUT2D eigenvalue weighted by Crippen LogP contribution is 2.17. The summed E-state index contributed by atoms with van der Waals surface area (Å²) in [5, 5.41) is 15.2. The predicted molar refractivity (Wildman–Crippen MR) is 64.2 cm³/mol. The van der Waals surface area contributed by atoms with E-state index in [0.717, 1.165) is 0 Å². The predicted octanol–water partition coefficient (Wildman–Crippen LogP) is 0.466. The molecule has 1 aromatic heterocycles. The monoisotopic (exact) mass is 261 g/mol. The van der Waals surface area contributed by atoms with Gasteiger partial charge in [0.25, 0.3) is 0 Å². The van der Waals surface area contributed by atoms with Crippen molar-refractivity contribution >= 4 is 10.0 Å². The molecule has 0 spiro atoms. The second-order valence-electron chi connectivity index (χ2n) is 4.15. The number of nitrogens with one attached hydrogen (secondary N) is 2. The number of aliphatic hydroxyl groups is 1. The third kappa shape index (κ3) is 3.52. The molecule has 6 nitrogen and oxygen atoms in total. The maximum atomic E-state index is 12.1. The molecule has 0 aliphatic carbocycles. The molecule has 1 aromatic rings. The van der Waals surface area contributed by atoms with Crippen LogP contribution in [0.15, 0.2) is 4.90 Å². The van der Waals surface area contributed by atoms with Crippen molar-refractivity contribution in [1.82, 2.24) is 14.9 Å². The number of aliphatic hydroxyl groups excluding tert-OH is 1. The fourth-order valence-electron chi connectivity index (χ4n) is 1.72. The van der Waals surface area contributed by atoms with Gasteiger partial charge in [-0.1, -0.05) is 0 Å². The number of aryl methyl sites for hydroxylation is 2. The zero-order chi connectivity index (χ0) is 13.1. The number of sulfonamides is 1. The molecule has 3 N–H and O–H groups in total. The Hall–Kier alpha value is -0.920. The Kier molecular flexibility index (Phi) is 4.67. The van der Waals surface area contributed by atoms with Gasteiger partial charge in [-0.15, -0.1) is 0 Å². The summed E-state index contributed by atoms with van der Waals surface area (Å²) in [5.74, 6) is 0. The number of hydrogen-bond acceptors (Lipinski definition) is 4. The number of nitrogens with zero attached hydrogens (tertiary/aromatic N) is 1. The van der Waals surface area contributed by atoms with E-state index in [9.17, 15) is 8.42 Å². The lowest BCUT2D eigenvalue weighted by atomic mass is 10.2. The molecule has 0 radical (unpaired) electrons. The van der Waals surface area contributed by atoms with Gasteiger partial charge in [0.15, 0.2) is 0 Å². The maximum Gasteiger partial charge on any atom is 0.244 e. The molecule has 1 rings (SSSR count). The summed E-state index contributed by atoms with van der Waals surface area (Å²) in [6, 6.07) is -0.208. The lowest BCUT2D eigenvalue weighted by molar-refractivity contribution is 0.279. The molecule has 1 unspecified atom stereocenters. The van der Waals surface area contributed by atoms with E-state index in [1.165, 1.54) is 0 Å². The highest BCUT2D eigenvalue weighted by atomic mass is 32.2. The average Bonchev–Trinajstić information content (AvgIpc) is 2.55. The first kappa shape index (κ1) is 14.1. The Morgan fingerprint density at radius 2 is 2.12 bits per heavy atom. The van der Waals surface area contributed by atoms with Gasteiger partial charge in [0.2, 0.25) is 10.0 Å². The van der Waals surface area contributed by atoms with E-state index in [1.54, 1.807) is 20.8 Å². The Labute approximate surface area is 101 Å². The molecule has 0 aliphatic rings. The molecule has 1 atom stereocenters. The first-order valence-electron chi connectivity index (χ1n) is 5.53. The summed E-state index contributed by atoms with van der Waals surface area (Å²) < 4.78 is 26.7. The van der Waals surface area contributed by atoms with Crippen LogP contribution in [0.3, 0.4) is 0 Å². The van der Waals surface area contributed by atoms with Crippen LogP contribution in [-0.2, 0) is 10.0 Å². The van der Waals surface area contributed by atoms with Crippen molar-refractivity contribution in [1.29, 1.82) is 0 Å². The lowest BCUT2D eigenvalue weighted by Crippen LogP contribution is -2.33. The fourth-order valence-corrected chi connectivity index (χ4v) is 3.37. The molecule has 0 saturated heterocycles. The van der Waals surface area contributed by atoms with Crippen LogP contribution in [0.25, 0.3) is 0 Å². The van der Waals surface area contributed by atoms with Crippen LogP contribution in [0.4, 0.5) is 0 Å². The van der Waals surface area contributed by atoms with Gasteiger partial charge in [-0.05, 0) is 33.6 Å². The van der Waals surface area contributed by atoms with E-state index in [1.807, 2.05) is 0 Å². The molecule has 0 aromatic carbocycles. The molecular formula is C10H19N3O3S. The Bertz CT molecular complexity index is 448. The molecule has 7 heteroatoms. The SMILES string of the molecule is Cc1n[nH]c(C)c1S(=O)(=O)NC(C)CCCO. The van der Waals surface area contributed by atoms with E-state index < -0.39 is 10.0 Å². The first-order valence-corrected chi connectivity index (χ1v) is 7.01. The van der Waals surface area contributed by atoms with Crippen molar-refractivity contribution in [2.45, 2.75) is 44.6 Å². The normalized spacial score (nSPS) is 13.9. The second-order valence-corrected chi connectivity index (χ2v) is 5.80. The molecule has 0 fully saturated rings. The minimum Gasteiger partial charge on any atom is -0.396 e. The maximum absolute atomic E-state index is 12.1. The van der Waals surface area contributed by atoms with Crippen molar-refractivity contribution in [3.8, 4) is 0 Å². The molecule has 1 heterocycles. The molecule has 98 valence electrons. The highest BCUT2D eigenvalue weighted by Gasteiger charge is 2.23. The Morgan fingerprint density at radius 3 is 2.59 bits per heavy atom. The number of aromatic nitrogens is 2. The second kappa shape index (κ2) is 5.61. The summed E-state index contributed by atoms with van der Waals surface area (Å²) in [4.78, 5) is 0.216. The van der Waals surface area contributed by atoms with Gasteiger partial charge in [0.1, 0.15) is 4.90 Å². The molecule has 0 aliphatic heterocycles. The van der Waals surface area contributed by atoms with Gasteiger partial charge in [0.05, 0.1) is 11.4 Å². The standard InChI is InChI=1S/C10H19N3O3S/c1-7(5-4-6-14)13-17(15,16)10-8(2)11-12-9(10)3/h7,13-14H,4-6H2,1-3H3,(H,11,12). The van der Waals surface area contributed by atoms with Crippen LogP contribution in [0.5, 0.6) is 0 Å². The van der Waals surface area contributed by atoms with Crippen molar-refractivity contribution in [2.75, 3.05) is 6.61 Å². The van der Waals surface area contributed by atoms with Gasteiger partial charge < -0.3 is 5.11 Å². The highest BCUT2D eigenvalue weighted by molar-refractivity contribution is 7.89. The van der Waals surface area contributed by atoms with Gasteiger partial charge in [-0.3, -0.25) is 5.10 Å². The van der Waals surface area contributed by atoms with Crippen LogP contribution < -0.4 is 4.72 Å². The summed E-state index contributed by atoms with van der Waals surface area (Å²) in [6.45, 7) is 5.16. The van der Waals surface area contributed by atoms with Gasteiger partial charge in [-0.25, -0.2) is 13.1 Å². The topological polar surface area (TPSA) is 95.1 Å². The molecule has 0 saturated carbocycles. The van der Waals surface area contributed by atoms with Crippen LogP contribution >= 0.6 is 0 Å². The van der Waals surface area contributed by atoms with E-state index in [0.29, 0.717) is 24.2 Å². The number of rotatable bonds is 6. The van der Waals surface area contributed by atoms with E-state index in [4.69, 9.17) is 5.11 Å². The Morgan fingerprint density at radius 1 is 1.47 bits per heavy atom. The minimum absolute atomic E-state index is 0.0653. The number of H-pyrrole nitrogens is 1. The third-order valence-electron chi connectivity index (χ3n) is 2.48. The summed E-state index contributed by atoms with van der Waals surface area (Å²) in [7, 11) is -3.53. The van der Waals surface area contributed by atoms with E-state index in [-0.39, 0.29) is 17.5 Å². The minimum atomic E-state index is -3.53. The fraction of sp³-hybridized carbons (Fsp3) is 0.700. The van der Waals surface area contributed by atoms with Gasteiger partial charge >= 0.3 is 0 Å². The van der Waals surface area contributed by atoms with E-state index in [2.05, 4.69) is 14.9 Å². The van der Waals surface area contributed by atoms with Crippen molar-refractivity contribution < 1.29 is 13.5 Å². The summed E-state index contributed by atoms with van der Waals surface area (Å²) in [5.41, 5.74) is 0.994. The molecule has 0 amide bonds. The van der Waals surface area contributed by atoms with Crippen LogP contribution in [0.1, 0.15) is 31.2 Å².